The highest BCUT2D eigenvalue weighted by Gasteiger charge is 2.01. The average Bonchev–Trinajstić information content (AvgIpc) is 2.46. The topological polar surface area (TPSA) is 75.6 Å². The molecule has 0 saturated carbocycles. The van der Waals surface area contributed by atoms with Gasteiger partial charge >= 0.3 is 5.97 Å². The molecule has 0 unspecified atom stereocenters. The van der Waals surface area contributed by atoms with E-state index in [1.165, 1.54) is 7.11 Å². The maximum atomic E-state index is 10.9. The molecule has 0 spiro atoms. The van der Waals surface area contributed by atoms with Gasteiger partial charge in [-0.2, -0.15) is 0 Å². The number of hydrogen-bond acceptors (Lipinski definition) is 4. The number of methoxy groups -OCH3 is 1. The molecule has 112 valence electrons. The number of nitrogens with zero attached hydrogens (tertiary/aromatic N) is 2. The zero-order valence-electron chi connectivity index (χ0n) is 11.8. The number of esters is 1. The number of halogens is 1. The highest BCUT2D eigenvalue weighted by Crippen LogP contribution is 1.92. The summed E-state index contributed by atoms with van der Waals surface area (Å²) in [5.74, 6) is 0.427. The molecule has 7 heteroatoms. The molecule has 2 N–H and O–H groups in total. The Labute approximate surface area is 136 Å². The van der Waals surface area contributed by atoms with Crippen molar-refractivity contribution in [3.05, 3.63) is 30.1 Å². The van der Waals surface area contributed by atoms with Gasteiger partial charge in [0.25, 0.3) is 0 Å². The van der Waals surface area contributed by atoms with Crippen LogP contribution in [0.5, 0.6) is 0 Å². The van der Waals surface area contributed by atoms with Crippen molar-refractivity contribution >= 4 is 35.9 Å². The molecule has 0 bridgehead atoms. The van der Waals surface area contributed by atoms with Gasteiger partial charge in [-0.3, -0.25) is 14.8 Å². The third kappa shape index (κ3) is 7.93. The van der Waals surface area contributed by atoms with E-state index in [9.17, 15) is 4.79 Å². The minimum Gasteiger partial charge on any atom is -0.469 e. The van der Waals surface area contributed by atoms with E-state index in [1.807, 2.05) is 18.2 Å². The van der Waals surface area contributed by atoms with Crippen molar-refractivity contribution < 1.29 is 9.53 Å². The monoisotopic (exact) mass is 392 g/mol. The van der Waals surface area contributed by atoms with E-state index >= 15 is 0 Å². The van der Waals surface area contributed by atoms with Crippen molar-refractivity contribution in [3.8, 4) is 0 Å². The van der Waals surface area contributed by atoms with Crippen LogP contribution in [0.15, 0.2) is 29.4 Å². The summed E-state index contributed by atoms with van der Waals surface area (Å²) in [5, 5.41) is 6.19. The maximum absolute atomic E-state index is 10.9. The normalized spacial score (nSPS) is 10.4. The number of aromatic nitrogens is 1. The van der Waals surface area contributed by atoms with Crippen LogP contribution < -0.4 is 10.6 Å². The van der Waals surface area contributed by atoms with Crippen LogP contribution in [0.1, 0.15) is 12.1 Å². The summed E-state index contributed by atoms with van der Waals surface area (Å²) in [5.41, 5.74) is 1.03. The maximum Gasteiger partial charge on any atom is 0.307 e. The molecule has 1 aromatic rings. The lowest BCUT2D eigenvalue weighted by molar-refractivity contribution is -0.140. The Morgan fingerprint density at radius 1 is 1.35 bits per heavy atom. The Morgan fingerprint density at radius 2 is 2.10 bits per heavy atom. The van der Waals surface area contributed by atoms with E-state index in [-0.39, 0.29) is 29.9 Å². The summed E-state index contributed by atoms with van der Waals surface area (Å²) in [6.45, 7) is 1.23. The molecule has 0 atom stereocenters. The smallest absolute Gasteiger partial charge is 0.307 e. The van der Waals surface area contributed by atoms with Crippen molar-refractivity contribution in [1.82, 2.24) is 15.6 Å². The molecular formula is C13H21IN4O2. The van der Waals surface area contributed by atoms with Crippen LogP contribution in [0.2, 0.25) is 0 Å². The van der Waals surface area contributed by atoms with Crippen molar-refractivity contribution in [2.24, 2.45) is 4.99 Å². The highest BCUT2D eigenvalue weighted by molar-refractivity contribution is 14.0. The second-order valence-corrected chi connectivity index (χ2v) is 3.82. The summed E-state index contributed by atoms with van der Waals surface area (Å²) in [7, 11) is 3.07. The van der Waals surface area contributed by atoms with Gasteiger partial charge in [-0.25, -0.2) is 0 Å². The highest BCUT2D eigenvalue weighted by atomic mass is 127. The number of hydrogen-bond donors (Lipinski definition) is 2. The third-order valence-corrected chi connectivity index (χ3v) is 2.47. The predicted molar refractivity (Wildman–Crippen MR) is 89.4 cm³/mol. The summed E-state index contributed by atoms with van der Waals surface area (Å²) in [4.78, 5) is 19.3. The first-order valence-corrected chi connectivity index (χ1v) is 6.17. The second-order valence-electron chi connectivity index (χ2n) is 3.82. The fourth-order valence-electron chi connectivity index (χ4n) is 1.46. The molecule has 20 heavy (non-hydrogen) atoms. The van der Waals surface area contributed by atoms with Crippen LogP contribution >= 0.6 is 24.0 Å². The van der Waals surface area contributed by atoms with Gasteiger partial charge in [-0.15, -0.1) is 24.0 Å². The van der Waals surface area contributed by atoms with Gasteiger partial charge in [0, 0.05) is 38.4 Å². The molecule has 0 radical (unpaired) electrons. The first kappa shape index (κ1) is 18.6. The molecular weight excluding hydrogens is 371 g/mol. The molecule has 0 fully saturated rings. The minimum absolute atomic E-state index is 0. The fraction of sp³-hybridized carbons (Fsp3) is 0.462. The standard InChI is InChI=1S/C13H20N4O2.HI/c1-14-13(17-10-7-12(18)19-2)16-9-6-11-5-3-4-8-15-11;/h3-5,8H,6-7,9-10H2,1-2H3,(H2,14,16,17);1H. The van der Waals surface area contributed by atoms with E-state index in [4.69, 9.17) is 0 Å². The second kappa shape index (κ2) is 11.4. The molecule has 0 amide bonds. The summed E-state index contributed by atoms with van der Waals surface area (Å²) in [6.07, 6.45) is 2.91. The third-order valence-electron chi connectivity index (χ3n) is 2.47. The molecule has 0 aliphatic carbocycles. The molecule has 6 nitrogen and oxygen atoms in total. The van der Waals surface area contributed by atoms with Crippen LogP contribution in [0.3, 0.4) is 0 Å². The van der Waals surface area contributed by atoms with Crippen molar-refractivity contribution in [1.29, 1.82) is 0 Å². The van der Waals surface area contributed by atoms with Crippen molar-refractivity contribution in [2.75, 3.05) is 27.2 Å². The Morgan fingerprint density at radius 3 is 2.70 bits per heavy atom. The largest absolute Gasteiger partial charge is 0.469 e. The van der Waals surface area contributed by atoms with E-state index in [1.54, 1.807) is 13.2 Å². The Hall–Kier alpha value is -1.38. The van der Waals surface area contributed by atoms with E-state index in [0.29, 0.717) is 18.9 Å². The van der Waals surface area contributed by atoms with E-state index in [0.717, 1.165) is 18.7 Å². The van der Waals surface area contributed by atoms with Gasteiger partial charge in [-0.1, -0.05) is 6.07 Å². The Kier molecular flexibility index (Phi) is 10.7. The fourth-order valence-corrected chi connectivity index (χ4v) is 1.46. The molecule has 0 aliphatic heterocycles. The number of carbonyl (C=O) groups is 1. The van der Waals surface area contributed by atoms with Gasteiger partial charge in [0.15, 0.2) is 5.96 Å². The number of ether oxygens (including phenoxy) is 1. The average molecular weight is 392 g/mol. The predicted octanol–water partition coefficient (Wildman–Crippen LogP) is 0.970. The molecule has 0 aliphatic rings. The van der Waals surface area contributed by atoms with Crippen molar-refractivity contribution in [3.63, 3.8) is 0 Å². The van der Waals surface area contributed by atoms with Gasteiger partial charge in [0.1, 0.15) is 0 Å². The SMILES string of the molecule is CN=C(NCCC(=O)OC)NCCc1ccccn1.I. The van der Waals surface area contributed by atoms with Crippen LogP contribution in [-0.2, 0) is 16.0 Å². The van der Waals surface area contributed by atoms with Crippen LogP contribution in [-0.4, -0.2) is 44.2 Å². The first-order chi connectivity index (χ1) is 9.26. The molecule has 0 saturated heterocycles. The van der Waals surface area contributed by atoms with Gasteiger partial charge in [0.05, 0.1) is 13.5 Å². The number of rotatable bonds is 6. The zero-order chi connectivity index (χ0) is 13.9. The Bertz CT molecular complexity index is 412. The Balaban J connectivity index is 0.00000361. The van der Waals surface area contributed by atoms with E-state index in [2.05, 4.69) is 25.3 Å². The summed E-state index contributed by atoms with van der Waals surface area (Å²) in [6, 6.07) is 5.84. The number of nitrogens with one attached hydrogen (secondary N) is 2. The number of aliphatic imine (C=N–C) groups is 1. The number of pyridine rings is 1. The van der Waals surface area contributed by atoms with Gasteiger partial charge in [-0.05, 0) is 12.1 Å². The molecule has 1 rings (SSSR count). The lowest BCUT2D eigenvalue weighted by Crippen LogP contribution is -2.39. The molecule has 1 heterocycles. The lowest BCUT2D eigenvalue weighted by Gasteiger charge is -2.11. The van der Waals surface area contributed by atoms with Crippen LogP contribution in [0, 0.1) is 0 Å². The minimum atomic E-state index is -0.239. The molecule has 0 aromatic carbocycles. The summed E-state index contributed by atoms with van der Waals surface area (Å²) >= 11 is 0. The molecule has 1 aromatic heterocycles. The van der Waals surface area contributed by atoms with E-state index < -0.39 is 0 Å². The number of guanidine groups is 1. The van der Waals surface area contributed by atoms with Crippen molar-refractivity contribution in [2.45, 2.75) is 12.8 Å². The zero-order valence-corrected chi connectivity index (χ0v) is 14.1. The first-order valence-electron chi connectivity index (χ1n) is 6.17. The van der Waals surface area contributed by atoms with Crippen LogP contribution in [0.25, 0.3) is 0 Å². The number of carbonyl (C=O) groups excluding carboxylic acids is 1. The summed E-state index contributed by atoms with van der Waals surface area (Å²) < 4.78 is 4.56. The lowest BCUT2D eigenvalue weighted by atomic mass is 10.3. The quantitative estimate of drug-likeness (QED) is 0.327. The van der Waals surface area contributed by atoms with Gasteiger partial charge < -0.3 is 15.4 Å². The van der Waals surface area contributed by atoms with Crippen LogP contribution in [0.4, 0.5) is 0 Å². The van der Waals surface area contributed by atoms with Gasteiger partial charge in [0.2, 0.25) is 0 Å².